The van der Waals surface area contributed by atoms with E-state index in [1.54, 1.807) is 0 Å². The highest BCUT2D eigenvalue weighted by molar-refractivity contribution is 9.09. The van der Waals surface area contributed by atoms with Crippen LogP contribution in [0.5, 0.6) is 0 Å². The van der Waals surface area contributed by atoms with Gasteiger partial charge in [0.1, 0.15) is 0 Å². The van der Waals surface area contributed by atoms with Gasteiger partial charge in [-0.3, -0.25) is 0 Å². The van der Waals surface area contributed by atoms with Crippen molar-refractivity contribution in [3.63, 3.8) is 0 Å². The van der Waals surface area contributed by atoms with Gasteiger partial charge in [-0.25, -0.2) is 4.39 Å². The minimum Gasteiger partial charge on any atom is -0.379 e. The number of rotatable bonds is 9. The summed E-state index contributed by atoms with van der Waals surface area (Å²) in [6, 6.07) is 0. The van der Waals surface area contributed by atoms with E-state index in [4.69, 9.17) is 4.74 Å². The van der Waals surface area contributed by atoms with Crippen molar-refractivity contribution >= 4 is 15.9 Å². The number of hydrogen-bond donors (Lipinski definition) is 0. The topological polar surface area (TPSA) is 18.5 Å². The molecule has 0 saturated carbocycles. The first-order chi connectivity index (χ1) is 7.00. The number of unbranched alkanes of at least 4 members (excludes halogenated alkanes) is 2. The summed E-state index contributed by atoms with van der Waals surface area (Å²) in [6.07, 6.45) is -0.764. The lowest BCUT2D eigenvalue weighted by molar-refractivity contribution is -0.257. The zero-order valence-corrected chi connectivity index (χ0v) is 10.2. The van der Waals surface area contributed by atoms with E-state index in [1.165, 1.54) is 0 Å². The molecule has 0 aliphatic carbocycles. The first-order valence-electron chi connectivity index (χ1n) is 4.88. The third-order valence-electron chi connectivity index (χ3n) is 1.67. The van der Waals surface area contributed by atoms with Gasteiger partial charge in [0.05, 0.1) is 13.2 Å². The number of ether oxygens (including phenoxy) is 2. The van der Waals surface area contributed by atoms with Gasteiger partial charge >= 0.3 is 6.11 Å². The minimum atomic E-state index is -3.78. The lowest BCUT2D eigenvalue weighted by Crippen LogP contribution is -2.30. The van der Waals surface area contributed by atoms with E-state index in [2.05, 4.69) is 27.6 Å². The van der Waals surface area contributed by atoms with Gasteiger partial charge in [-0.1, -0.05) is 19.8 Å². The second-order valence-electron chi connectivity index (χ2n) is 3.03. The maximum Gasteiger partial charge on any atom is 0.397 e. The van der Waals surface area contributed by atoms with E-state index in [0.29, 0.717) is 6.61 Å². The Morgan fingerprint density at radius 2 is 1.87 bits per heavy atom. The molecule has 1 atom stereocenters. The van der Waals surface area contributed by atoms with Crippen LogP contribution in [0, 0.1) is 0 Å². The van der Waals surface area contributed by atoms with Crippen molar-refractivity contribution in [3.8, 4) is 0 Å². The van der Waals surface area contributed by atoms with E-state index >= 15 is 0 Å². The van der Waals surface area contributed by atoms with E-state index in [-0.39, 0.29) is 13.2 Å². The van der Waals surface area contributed by atoms with Gasteiger partial charge in [0.2, 0.25) is 5.08 Å². The Balaban J connectivity index is 3.31. The molecule has 0 fully saturated rings. The van der Waals surface area contributed by atoms with Crippen LogP contribution in [-0.2, 0) is 9.47 Å². The second kappa shape index (κ2) is 8.35. The Morgan fingerprint density at radius 1 is 1.20 bits per heavy atom. The molecule has 1 unspecified atom stereocenters. The SMILES string of the molecule is CCCCCOCCOC(F)(F)C(F)Br. The Bertz CT molecular complexity index is 156. The summed E-state index contributed by atoms with van der Waals surface area (Å²) in [4.78, 5) is 0. The first kappa shape index (κ1) is 15.2. The summed E-state index contributed by atoms with van der Waals surface area (Å²) >= 11 is 2.12. The van der Waals surface area contributed by atoms with Crippen LogP contribution < -0.4 is 0 Å². The molecule has 0 heterocycles. The van der Waals surface area contributed by atoms with Crippen molar-refractivity contribution in [2.24, 2.45) is 0 Å². The molecule has 0 N–H and O–H groups in total. The van der Waals surface area contributed by atoms with Crippen LogP contribution in [0.4, 0.5) is 13.2 Å². The van der Waals surface area contributed by atoms with Crippen LogP contribution in [0.3, 0.4) is 0 Å². The lowest BCUT2D eigenvalue weighted by Gasteiger charge is -2.16. The van der Waals surface area contributed by atoms with Crippen LogP contribution >= 0.6 is 15.9 Å². The molecule has 0 aromatic heterocycles. The highest BCUT2D eigenvalue weighted by Crippen LogP contribution is 2.26. The smallest absolute Gasteiger partial charge is 0.379 e. The highest BCUT2D eigenvalue weighted by Gasteiger charge is 2.39. The third kappa shape index (κ3) is 8.04. The van der Waals surface area contributed by atoms with Gasteiger partial charge in [0, 0.05) is 6.61 Å². The maximum atomic E-state index is 12.5. The Hall–Kier alpha value is 0.190. The van der Waals surface area contributed by atoms with Crippen molar-refractivity contribution in [2.45, 2.75) is 37.4 Å². The van der Waals surface area contributed by atoms with Crippen LogP contribution in [-0.4, -0.2) is 31.0 Å². The molecule has 0 aliphatic heterocycles. The zero-order valence-electron chi connectivity index (χ0n) is 8.65. The Morgan fingerprint density at radius 3 is 2.40 bits per heavy atom. The molecule has 15 heavy (non-hydrogen) atoms. The number of halogens is 4. The summed E-state index contributed by atoms with van der Waals surface area (Å²) in [5.41, 5.74) is 0. The fourth-order valence-electron chi connectivity index (χ4n) is 0.856. The molecular weight excluding hydrogens is 277 g/mol. The molecule has 0 aliphatic rings. The molecule has 0 aromatic carbocycles. The lowest BCUT2D eigenvalue weighted by atomic mass is 10.3. The molecule has 0 spiro atoms. The molecule has 6 heteroatoms. The summed E-state index contributed by atoms with van der Waals surface area (Å²) in [5.74, 6) is 0. The molecule has 0 saturated heterocycles. The average Bonchev–Trinajstić information content (AvgIpc) is 2.16. The molecule has 2 nitrogen and oxygen atoms in total. The van der Waals surface area contributed by atoms with Gasteiger partial charge in [0.25, 0.3) is 0 Å². The van der Waals surface area contributed by atoms with Crippen molar-refractivity contribution < 1.29 is 22.6 Å². The predicted molar refractivity (Wildman–Crippen MR) is 55.1 cm³/mol. The normalized spacial score (nSPS) is 14.2. The fourth-order valence-corrected chi connectivity index (χ4v) is 0.988. The highest BCUT2D eigenvalue weighted by atomic mass is 79.9. The van der Waals surface area contributed by atoms with Crippen molar-refractivity contribution in [1.29, 1.82) is 0 Å². The number of hydrogen-bond acceptors (Lipinski definition) is 2. The van der Waals surface area contributed by atoms with Crippen molar-refractivity contribution in [1.82, 2.24) is 0 Å². The van der Waals surface area contributed by atoms with Gasteiger partial charge in [-0.05, 0) is 22.4 Å². The molecule has 0 bridgehead atoms. The average molecular weight is 293 g/mol. The van der Waals surface area contributed by atoms with E-state index in [0.717, 1.165) is 19.3 Å². The van der Waals surface area contributed by atoms with E-state index < -0.39 is 11.2 Å². The first-order valence-corrected chi connectivity index (χ1v) is 5.80. The van der Waals surface area contributed by atoms with E-state index in [9.17, 15) is 13.2 Å². The van der Waals surface area contributed by atoms with Gasteiger partial charge < -0.3 is 9.47 Å². The summed E-state index contributed by atoms with van der Waals surface area (Å²) in [5, 5.41) is -2.48. The van der Waals surface area contributed by atoms with Crippen LogP contribution in [0.2, 0.25) is 0 Å². The summed E-state index contributed by atoms with van der Waals surface area (Å²) < 4.78 is 46.1. The molecule has 0 radical (unpaired) electrons. The standard InChI is InChI=1S/C9H16BrF3O2/c1-2-3-4-5-14-6-7-15-9(12,13)8(10)11/h8H,2-7H2,1H3. The largest absolute Gasteiger partial charge is 0.397 e. The van der Waals surface area contributed by atoms with Crippen LogP contribution in [0.25, 0.3) is 0 Å². The van der Waals surface area contributed by atoms with Crippen molar-refractivity contribution in [3.05, 3.63) is 0 Å². The number of alkyl halides is 4. The second-order valence-corrected chi connectivity index (χ2v) is 3.83. The summed E-state index contributed by atoms with van der Waals surface area (Å²) in [6.45, 7) is 2.32. The minimum absolute atomic E-state index is 0.0546. The molecule has 0 amide bonds. The predicted octanol–water partition coefficient (Wildman–Crippen LogP) is 3.49. The zero-order chi connectivity index (χ0) is 11.7. The quantitative estimate of drug-likeness (QED) is 0.478. The van der Waals surface area contributed by atoms with Crippen LogP contribution in [0.1, 0.15) is 26.2 Å². The third-order valence-corrected chi connectivity index (χ3v) is 2.20. The van der Waals surface area contributed by atoms with Crippen LogP contribution in [0.15, 0.2) is 0 Å². The van der Waals surface area contributed by atoms with Crippen molar-refractivity contribution in [2.75, 3.05) is 19.8 Å². The maximum absolute atomic E-state index is 12.5. The van der Waals surface area contributed by atoms with E-state index in [1.807, 2.05) is 0 Å². The van der Waals surface area contributed by atoms with Gasteiger partial charge in [-0.15, -0.1) is 0 Å². The molecule has 0 aromatic rings. The Labute approximate surface area is 96.3 Å². The van der Waals surface area contributed by atoms with Gasteiger partial charge in [0.15, 0.2) is 0 Å². The molecule has 92 valence electrons. The molecule has 0 rings (SSSR count). The summed E-state index contributed by atoms with van der Waals surface area (Å²) in [7, 11) is 0. The fraction of sp³-hybridized carbons (Fsp3) is 1.00. The monoisotopic (exact) mass is 292 g/mol. The molecular formula is C9H16BrF3O2. The van der Waals surface area contributed by atoms with Gasteiger partial charge in [-0.2, -0.15) is 8.78 Å². The Kier molecular flexibility index (Phi) is 8.46.